The molecule has 0 radical (unpaired) electrons. The highest BCUT2D eigenvalue weighted by atomic mass is 32.2. The monoisotopic (exact) mass is 347 g/mol. The third-order valence-corrected chi connectivity index (χ3v) is 5.85. The van der Waals surface area contributed by atoms with E-state index in [1.807, 2.05) is 24.4 Å². The Balaban J connectivity index is 1.78. The van der Waals surface area contributed by atoms with Gasteiger partial charge < -0.3 is 14.6 Å². The fraction of sp³-hybridized carbons (Fsp3) is 0.526. The third-order valence-electron chi connectivity index (χ3n) is 4.74. The van der Waals surface area contributed by atoms with Crippen LogP contribution in [0.2, 0.25) is 0 Å². The molecule has 1 heterocycles. The Morgan fingerprint density at radius 2 is 2.12 bits per heavy atom. The first-order valence-electron chi connectivity index (χ1n) is 8.65. The van der Waals surface area contributed by atoms with Gasteiger partial charge >= 0.3 is 5.30 Å². The Hall–Kier alpha value is -1.46. The van der Waals surface area contributed by atoms with Gasteiger partial charge in [-0.15, -0.1) is 0 Å². The van der Waals surface area contributed by atoms with Crippen LogP contribution in [0.5, 0.6) is 5.75 Å². The summed E-state index contributed by atoms with van der Waals surface area (Å²) in [5, 5.41) is 0.835. The lowest BCUT2D eigenvalue weighted by molar-refractivity contribution is -0.858. The minimum absolute atomic E-state index is 0.0414. The van der Waals surface area contributed by atoms with Crippen molar-refractivity contribution in [2.45, 2.75) is 37.9 Å². The molecule has 2 aromatic rings. The van der Waals surface area contributed by atoms with Gasteiger partial charge in [0.05, 0.1) is 20.6 Å². The molecule has 1 aliphatic carbocycles. The molecular weight excluding hydrogens is 320 g/mol. The second kappa shape index (κ2) is 6.81. The molecule has 0 spiro atoms. The maximum Gasteiger partial charge on any atom is 0.373 e. The first-order valence-corrected chi connectivity index (χ1v) is 9.47. The number of benzene rings is 1. The highest BCUT2D eigenvalue weighted by Gasteiger charge is 2.40. The number of aromatic nitrogens is 1. The number of quaternary nitrogens is 1. The summed E-state index contributed by atoms with van der Waals surface area (Å²) in [4.78, 5) is 17.1. The Labute approximate surface area is 147 Å². The second-order valence-corrected chi connectivity index (χ2v) is 9.12. The number of thioether (sulfide) groups is 1. The number of carbonyl (C=O) groups excluding carboxylic acids is 1. The quantitative estimate of drug-likeness (QED) is 0.789. The van der Waals surface area contributed by atoms with Crippen LogP contribution in [0.15, 0.2) is 24.4 Å². The Kier molecular flexibility index (Phi) is 4.92. The maximum absolute atomic E-state index is 12.4. The van der Waals surface area contributed by atoms with Gasteiger partial charge in [-0.05, 0) is 62.1 Å². The van der Waals surface area contributed by atoms with Crippen molar-refractivity contribution in [3.63, 3.8) is 0 Å². The van der Waals surface area contributed by atoms with Gasteiger partial charge in [-0.3, -0.25) is 0 Å². The zero-order valence-electron chi connectivity index (χ0n) is 14.9. The van der Waals surface area contributed by atoms with Crippen LogP contribution in [-0.4, -0.2) is 35.7 Å². The summed E-state index contributed by atoms with van der Waals surface area (Å²) < 4.78 is 5.70. The Bertz CT molecular complexity index is 732. The summed E-state index contributed by atoms with van der Waals surface area (Å²) >= 11 is 1.33. The number of rotatable bonds is 6. The summed E-state index contributed by atoms with van der Waals surface area (Å²) in [5.74, 6) is 1.30. The topological polar surface area (TPSA) is 46.5 Å². The molecule has 3 rings (SSSR count). The first kappa shape index (κ1) is 17.4. The summed E-state index contributed by atoms with van der Waals surface area (Å²) in [6.07, 6.45) is 5.43. The van der Waals surface area contributed by atoms with Crippen molar-refractivity contribution in [3.05, 3.63) is 30.0 Å². The van der Waals surface area contributed by atoms with Crippen molar-refractivity contribution in [1.82, 2.24) is 4.98 Å². The van der Waals surface area contributed by atoms with Crippen LogP contribution in [0.3, 0.4) is 0 Å². The van der Waals surface area contributed by atoms with Gasteiger partial charge in [0.2, 0.25) is 0 Å². The number of fused-ring (bicyclic) bond motifs is 1. The number of hydrogen-bond acceptors (Lipinski definition) is 3. The summed E-state index contributed by atoms with van der Waals surface area (Å²) in [6.45, 7) is 5.32. The lowest BCUT2D eigenvalue weighted by Crippen LogP contribution is -3.05. The van der Waals surface area contributed by atoms with E-state index in [0.29, 0.717) is 11.7 Å². The van der Waals surface area contributed by atoms with E-state index >= 15 is 0 Å². The van der Waals surface area contributed by atoms with Crippen molar-refractivity contribution < 1.29 is 14.4 Å². The van der Waals surface area contributed by atoms with Crippen LogP contribution >= 0.6 is 11.8 Å². The number of likely N-dealkylation sites (N-methyl/N-ethyl adjacent to an activating group) is 1. The normalized spacial score (nSPS) is 15.2. The molecule has 1 fully saturated rings. The molecule has 1 saturated carbocycles. The largest absolute Gasteiger partial charge is 0.418 e. The van der Waals surface area contributed by atoms with E-state index in [4.69, 9.17) is 4.74 Å². The van der Waals surface area contributed by atoms with E-state index in [2.05, 4.69) is 32.9 Å². The van der Waals surface area contributed by atoms with Gasteiger partial charge in [0, 0.05) is 28.3 Å². The average Bonchev–Trinajstić information content (AvgIpc) is 3.27. The van der Waals surface area contributed by atoms with Gasteiger partial charge in [-0.25, -0.2) is 4.79 Å². The van der Waals surface area contributed by atoms with E-state index in [0.717, 1.165) is 23.9 Å². The van der Waals surface area contributed by atoms with Crippen LogP contribution in [0.1, 0.15) is 32.3 Å². The molecule has 0 aliphatic heterocycles. The Morgan fingerprint density at radius 1 is 1.38 bits per heavy atom. The molecule has 0 bridgehead atoms. The van der Waals surface area contributed by atoms with Gasteiger partial charge in [-0.1, -0.05) is 6.07 Å². The molecule has 24 heavy (non-hydrogen) atoms. The van der Waals surface area contributed by atoms with Gasteiger partial charge in [0.1, 0.15) is 5.75 Å². The predicted molar refractivity (Wildman–Crippen MR) is 100 cm³/mol. The van der Waals surface area contributed by atoms with Crippen LogP contribution < -0.4 is 9.64 Å². The number of hydrogen-bond donors (Lipinski definition) is 2. The molecule has 0 unspecified atom stereocenters. The van der Waals surface area contributed by atoms with Crippen LogP contribution in [0.4, 0.5) is 4.79 Å². The molecule has 1 aromatic heterocycles. The number of ether oxygens (including phenoxy) is 1. The van der Waals surface area contributed by atoms with Crippen molar-refractivity contribution >= 4 is 28.0 Å². The molecule has 1 aliphatic rings. The van der Waals surface area contributed by atoms with E-state index in [1.165, 1.54) is 35.1 Å². The predicted octanol–water partition coefficient (Wildman–Crippen LogP) is 3.28. The minimum atomic E-state index is -0.204. The van der Waals surface area contributed by atoms with Gasteiger partial charge in [0.25, 0.3) is 0 Å². The minimum Gasteiger partial charge on any atom is -0.418 e. The standard InChI is InChI=1S/C19H26N2O2S/c1-19(2,14-8-9-14)24-18(22)23-16-7-5-6-15-17(16)13(12-20-15)10-11-21(3)4/h5-7,12,14,20H,8-11H2,1-4H3/p+1. The number of carbonyl (C=O) groups is 1. The molecule has 0 saturated heterocycles. The van der Waals surface area contributed by atoms with E-state index in [9.17, 15) is 4.79 Å². The zero-order chi connectivity index (χ0) is 17.3. The lowest BCUT2D eigenvalue weighted by Gasteiger charge is -2.21. The van der Waals surface area contributed by atoms with Crippen LogP contribution in [0.25, 0.3) is 10.9 Å². The third kappa shape index (κ3) is 3.95. The highest BCUT2D eigenvalue weighted by Crippen LogP contribution is 2.47. The molecule has 1 aromatic carbocycles. The average molecular weight is 348 g/mol. The van der Waals surface area contributed by atoms with Crippen LogP contribution in [0, 0.1) is 5.92 Å². The molecule has 4 nitrogen and oxygen atoms in total. The van der Waals surface area contributed by atoms with Crippen molar-refractivity contribution in [2.75, 3.05) is 20.6 Å². The highest BCUT2D eigenvalue weighted by molar-refractivity contribution is 8.14. The zero-order valence-corrected chi connectivity index (χ0v) is 15.8. The fourth-order valence-corrected chi connectivity index (χ4v) is 4.04. The molecule has 2 N–H and O–H groups in total. The number of aromatic amines is 1. The number of H-pyrrole nitrogens is 1. The first-order chi connectivity index (χ1) is 11.4. The van der Waals surface area contributed by atoms with E-state index in [1.54, 1.807) is 0 Å². The SMILES string of the molecule is C[NH+](C)CCc1c[nH]c2cccc(OC(=O)SC(C)(C)C3CC3)c12. The van der Waals surface area contributed by atoms with E-state index < -0.39 is 0 Å². The summed E-state index contributed by atoms with van der Waals surface area (Å²) in [5.41, 5.74) is 2.23. The molecule has 0 atom stereocenters. The molecular formula is C19H27N2O2S+. The lowest BCUT2D eigenvalue weighted by atomic mass is 10.1. The van der Waals surface area contributed by atoms with E-state index in [-0.39, 0.29) is 10.0 Å². The maximum atomic E-state index is 12.4. The smallest absolute Gasteiger partial charge is 0.373 e. The fourth-order valence-electron chi connectivity index (χ4n) is 3.07. The number of nitrogens with one attached hydrogen (secondary N) is 2. The summed E-state index contributed by atoms with van der Waals surface area (Å²) in [7, 11) is 4.29. The van der Waals surface area contributed by atoms with Gasteiger partial charge in [-0.2, -0.15) is 0 Å². The molecule has 0 amide bonds. The van der Waals surface area contributed by atoms with Crippen molar-refractivity contribution in [1.29, 1.82) is 0 Å². The Morgan fingerprint density at radius 3 is 2.79 bits per heavy atom. The van der Waals surface area contributed by atoms with Crippen LogP contribution in [-0.2, 0) is 6.42 Å². The van der Waals surface area contributed by atoms with Crippen molar-refractivity contribution in [2.24, 2.45) is 5.92 Å². The summed E-state index contributed by atoms with van der Waals surface area (Å²) in [6, 6.07) is 5.85. The molecule has 5 heteroatoms. The second-order valence-electron chi connectivity index (χ2n) is 7.53. The van der Waals surface area contributed by atoms with Gasteiger partial charge in [0.15, 0.2) is 0 Å². The van der Waals surface area contributed by atoms with Crippen molar-refractivity contribution in [3.8, 4) is 5.75 Å². The molecule has 130 valence electrons.